The van der Waals surface area contributed by atoms with Gasteiger partial charge in [0.05, 0.1) is 0 Å². The number of hydrogen-bond donors (Lipinski definition) is 0. The number of aldehydes is 1. The summed E-state index contributed by atoms with van der Waals surface area (Å²) in [5, 5.41) is 0. The lowest BCUT2D eigenvalue weighted by molar-refractivity contribution is -0.108. The second-order valence-corrected chi connectivity index (χ2v) is 5.97. The maximum Gasteiger partial charge on any atom is 0.410 e. The van der Waals surface area contributed by atoms with Crippen molar-refractivity contribution in [3.63, 3.8) is 0 Å². The Hall–Kier alpha value is -1.10. The summed E-state index contributed by atoms with van der Waals surface area (Å²) in [5.74, 6) is 0. The summed E-state index contributed by atoms with van der Waals surface area (Å²) in [6.45, 7) is 9.88. The molecule has 0 bridgehead atoms. The van der Waals surface area contributed by atoms with Gasteiger partial charge in [-0.25, -0.2) is 4.79 Å². The second-order valence-electron chi connectivity index (χ2n) is 5.97. The minimum atomic E-state index is -0.437. The van der Waals surface area contributed by atoms with Gasteiger partial charge in [-0.1, -0.05) is 0 Å². The molecule has 0 spiro atoms. The zero-order valence-corrected chi connectivity index (χ0v) is 12.4. The largest absolute Gasteiger partial charge is 0.444 e. The van der Waals surface area contributed by atoms with Crippen LogP contribution in [-0.4, -0.2) is 60.5 Å². The zero-order valence-electron chi connectivity index (χ0n) is 12.4. The van der Waals surface area contributed by atoms with Gasteiger partial charge < -0.3 is 19.3 Å². The number of amides is 1. The van der Waals surface area contributed by atoms with Gasteiger partial charge in [-0.3, -0.25) is 0 Å². The topological polar surface area (TPSA) is 49.9 Å². The summed E-state index contributed by atoms with van der Waals surface area (Å²) in [7, 11) is 0. The van der Waals surface area contributed by atoms with Gasteiger partial charge in [0, 0.05) is 26.1 Å². The van der Waals surface area contributed by atoms with Gasteiger partial charge in [-0.2, -0.15) is 0 Å². The Bertz CT molecular complexity index is 300. The number of unbranched alkanes of at least 4 members (excludes halogenated alkanes) is 1. The van der Waals surface area contributed by atoms with E-state index in [1.165, 1.54) is 0 Å². The van der Waals surface area contributed by atoms with E-state index in [-0.39, 0.29) is 6.09 Å². The summed E-state index contributed by atoms with van der Waals surface area (Å²) in [4.78, 5) is 26.4. The molecule has 0 N–H and O–H groups in total. The summed E-state index contributed by atoms with van der Waals surface area (Å²) in [6.07, 6.45) is 3.22. The van der Waals surface area contributed by atoms with E-state index in [9.17, 15) is 9.59 Å². The van der Waals surface area contributed by atoms with E-state index >= 15 is 0 Å². The normalized spacial score (nSPS) is 17.9. The van der Waals surface area contributed by atoms with Crippen LogP contribution < -0.4 is 0 Å². The van der Waals surface area contributed by atoms with Crippen molar-refractivity contribution in [3.05, 3.63) is 0 Å². The van der Waals surface area contributed by atoms with Crippen LogP contribution in [0.15, 0.2) is 0 Å². The van der Waals surface area contributed by atoms with E-state index in [0.29, 0.717) is 13.0 Å². The van der Waals surface area contributed by atoms with Crippen molar-refractivity contribution < 1.29 is 14.3 Å². The maximum atomic E-state index is 12.0. The average molecular weight is 270 g/mol. The highest BCUT2D eigenvalue weighted by atomic mass is 16.6. The fourth-order valence-corrected chi connectivity index (χ4v) is 2.10. The lowest BCUT2D eigenvalue weighted by Crippen LogP contribution is -2.39. The van der Waals surface area contributed by atoms with Crippen molar-refractivity contribution in [1.82, 2.24) is 9.80 Å². The van der Waals surface area contributed by atoms with Gasteiger partial charge in [0.1, 0.15) is 11.9 Å². The molecule has 0 unspecified atom stereocenters. The van der Waals surface area contributed by atoms with E-state index in [0.717, 1.165) is 45.3 Å². The lowest BCUT2D eigenvalue weighted by Gasteiger charge is -2.26. The van der Waals surface area contributed by atoms with Gasteiger partial charge in [0.2, 0.25) is 0 Å². The molecule has 19 heavy (non-hydrogen) atoms. The third-order valence-electron chi connectivity index (χ3n) is 3.04. The number of hydrogen-bond acceptors (Lipinski definition) is 4. The molecule has 0 aromatic rings. The molecule has 0 aromatic heterocycles. The molecule has 1 rings (SSSR count). The van der Waals surface area contributed by atoms with Crippen LogP contribution >= 0.6 is 0 Å². The first-order valence-corrected chi connectivity index (χ1v) is 7.06. The Morgan fingerprint density at radius 1 is 1.21 bits per heavy atom. The van der Waals surface area contributed by atoms with E-state index in [1.807, 2.05) is 20.8 Å². The Kier molecular flexibility index (Phi) is 6.28. The number of nitrogens with zero attached hydrogens (tertiary/aromatic N) is 2. The predicted molar refractivity (Wildman–Crippen MR) is 74.2 cm³/mol. The van der Waals surface area contributed by atoms with E-state index < -0.39 is 5.60 Å². The van der Waals surface area contributed by atoms with E-state index in [4.69, 9.17) is 4.74 Å². The SMILES string of the molecule is CC(C)(C)OC(=O)N1CCCN(CCCC=O)CC1. The number of ether oxygens (including phenoxy) is 1. The third kappa shape index (κ3) is 6.57. The first-order valence-electron chi connectivity index (χ1n) is 7.06. The maximum absolute atomic E-state index is 12.0. The molecule has 0 aliphatic carbocycles. The Balaban J connectivity index is 2.36. The van der Waals surface area contributed by atoms with Crippen molar-refractivity contribution in [2.45, 2.75) is 45.6 Å². The summed E-state index contributed by atoms with van der Waals surface area (Å²) in [6, 6.07) is 0. The molecule has 1 aliphatic rings. The molecule has 0 radical (unpaired) electrons. The number of carbonyl (C=O) groups excluding carboxylic acids is 2. The number of rotatable bonds is 4. The Labute approximate surface area is 115 Å². The second kappa shape index (κ2) is 7.48. The smallest absolute Gasteiger partial charge is 0.410 e. The molecule has 1 heterocycles. The van der Waals surface area contributed by atoms with Crippen LogP contribution in [0.2, 0.25) is 0 Å². The molecule has 0 aromatic carbocycles. The Morgan fingerprint density at radius 3 is 2.58 bits per heavy atom. The molecular formula is C14H26N2O3. The highest BCUT2D eigenvalue weighted by Crippen LogP contribution is 2.12. The number of carbonyl (C=O) groups is 2. The molecule has 1 fully saturated rings. The zero-order chi connectivity index (χ0) is 14.3. The molecular weight excluding hydrogens is 244 g/mol. The average Bonchev–Trinajstić information content (AvgIpc) is 2.53. The van der Waals surface area contributed by atoms with Gasteiger partial charge in [-0.15, -0.1) is 0 Å². The van der Waals surface area contributed by atoms with Gasteiger partial charge in [0.25, 0.3) is 0 Å². The van der Waals surface area contributed by atoms with Crippen LogP contribution in [0.5, 0.6) is 0 Å². The monoisotopic (exact) mass is 270 g/mol. The summed E-state index contributed by atoms with van der Waals surface area (Å²) >= 11 is 0. The van der Waals surface area contributed by atoms with Crippen molar-refractivity contribution in [2.75, 3.05) is 32.7 Å². The molecule has 5 heteroatoms. The molecule has 1 aliphatic heterocycles. The first kappa shape index (κ1) is 16.0. The molecule has 1 saturated heterocycles. The fraction of sp³-hybridized carbons (Fsp3) is 0.857. The van der Waals surface area contributed by atoms with Crippen molar-refractivity contribution in [3.8, 4) is 0 Å². The molecule has 0 atom stereocenters. The standard InChI is InChI=1S/C14H26N2O3/c1-14(2,3)19-13(18)16-9-6-8-15(10-11-16)7-4-5-12-17/h12H,4-11H2,1-3H3. The highest BCUT2D eigenvalue weighted by molar-refractivity contribution is 5.68. The van der Waals surface area contributed by atoms with Crippen LogP contribution in [0.4, 0.5) is 4.79 Å². The quantitative estimate of drug-likeness (QED) is 0.578. The van der Waals surface area contributed by atoms with E-state index in [1.54, 1.807) is 4.90 Å². The minimum absolute atomic E-state index is 0.220. The summed E-state index contributed by atoms with van der Waals surface area (Å²) < 4.78 is 5.39. The minimum Gasteiger partial charge on any atom is -0.444 e. The van der Waals surface area contributed by atoms with Gasteiger partial charge in [-0.05, 0) is 46.7 Å². The van der Waals surface area contributed by atoms with Crippen LogP contribution in [0.3, 0.4) is 0 Å². The third-order valence-corrected chi connectivity index (χ3v) is 3.04. The lowest BCUT2D eigenvalue weighted by atomic mass is 10.2. The highest BCUT2D eigenvalue weighted by Gasteiger charge is 2.24. The summed E-state index contributed by atoms with van der Waals surface area (Å²) in [5.41, 5.74) is -0.437. The van der Waals surface area contributed by atoms with Crippen LogP contribution in [0.1, 0.15) is 40.0 Å². The van der Waals surface area contributed by atoms with Gasteiger partial charge in [0.15, 0.2) is 0 Å². The predicted octanol–water partition coefficient (Wildman–Crippen LogP) is 1.91. The van der Waals surface area contributed by atoms with E-state index in [2.05, 4.69) is 4.90 Å². The molecule has 1 amide bonds. The molecule has 5 nitrogen and oxygen atoms in total. The van der Waals surface area contributed by atoms with Crippen molar-refractivity contribution in [1.29, 1.82) is 0 Å². The Morgan fingerprint density at radius 2 is 1.95 bits per heavy atom. The van der Waals surface area contributed by atoms with Crippen LogP contribution in [0.25, 0.3) is 0 Å². The fourth-order valence-electron chi connectivity index (χ4n) is 2.10. The molecule has 0 saturated carbocycles. The van der Waals surface area contributed by atoms with Gasteiger partial charge >= 0.3 is 6.09 Å². The first-order chi connectivity index (χ1) is 8.92. The van der Waals surface area contributed by atoms with Crippen LogP contribution in [0, 0.1) is 0 Å². The van der Waals surface area contributed by atoms with Crippen molar-refractivity contribution in [2.24, 2.45) is 0 Å². The van der Waals surface area contributed by atoms with Crippen molar-refractivity contribution >= 4 is 12.4 Å². The van der Waals surface area contributed by atoms with Crippen LogP contribution in [-0.2, 0) is 9.53 Å². The molecule has 110 valence electrons.